The lowest BCUT2D eigenvalue weighted by atomic mass is 10.1. The molecule has 3 aromatic rings. The molecule has 0 fully saturated rings. The first-order chi connectivity index (χ1) is 7.83. The first-order valence-corrected chi connectivity index (χ1v) is 5.32. The van der Waals surface area contributed by atoms with Gasteiger partial charge in [-0.1, -0.05) is 12.1 Å². The second-order valence-corrected chi connectivity index (χ2v) is 4.03. The SMILES string of the molecule is Cc1cncc(-c2ccc3cc[nH]c3c2)c1. The molecule has 0 spiro atoms. The standard InChI is InChI=1S/C14H12N2/c1-10-6-13(9-15-8-10)12-3-2-11-4-5-16-14(11)7-12/h2-9,16H,1H3. The van der Waals surface area contributed by atoms with Crippen LogP contribution in [0.15, 0.2) is 48.9 Å². The van der Waals surface area contributed by atoms with E-state index in [0.717, 1.165) is 5.56 Å². The van der Waals surface area contributed by atoms with Crippen molar-refractivity contribution in [2.45, 2.75) is 6.92 Å². The molecule has 0 aliphatic rings. The fraction of sp³-hybridized carbons (Fsp3) is 0.0714. The average Bonchev–Trinajstić information content (AvgIpc) is 2.75. The zero-order valence-corrected chi connectivity index (χ0v) is 9.07. The van der Waals surface area contributed by atoms with Gasteiger partial charge in [0.05, 0.1) is 0 Å². The van der Waals surface area contributed by atoms with Gasteiger partial charge in [0.15, 0.2) is 0 Å². The van der Waals surface area contributed by atoms with Crippen molar-refractivity contribution in [2.75, 3.05) is 0 Å². The summed E-state index contributed by atoms with van der Waals surface area (Å²) in [6, 6.07) is 10.6. The molecular weight excluding hydrogens is 196 g/mol. The Morgan fingerprint density at radius 2 is 1.94 bits per heavy atom. The minimum Gasteiger partial charge on any atom is -0.361 e. The predicted octanol–water partition coefficient (Wildman–Crippen LogP) is 3.54. The molecular formula is C14H12N2. The van der Waals surface area contributed by atoms with Crippen LogP contribution < -0.4 is 0 Å². The van der Waals surface area contributed by atoms with Crippen molar-refractivity contribution in [1.29, 1.82) is 0 Å². The molecule has 0 unspecified atom stereocenters. The maximum Gasteiger partial charge on any atom is 0.0460 e. The zero-order valence-electron chi connectivity index (χ0n) is 9.07. The number of nitrogens with one attached hydrogen (secondary N) is 1. The van der Waals surface area contributed by atoms with Crippen molar-refractivity contribution in [2.24, 2.45) is 0 Å². The normalized spacial score (nSPS) is 10.8. The Morgan fingerprint density at radius 1 is 1.00 bits per heavy atom. The van der Waals surface area contributed by atoms with Crippen LogP contribution in [0.4, 0.5) is 0 Å². The van der Waals surface area contributed by atoms with Crippen LogP contribution in [0.2, 0.25) is 0 Å². The number of rotatable bonds is 1. The third-order valence-corrected chi connectivity index (χ3v) is 2.76. The average molecular weight is 208 g/mol. The summed E-state index contributed by atoms with van der Waals surface area (Å²) in [4.78, 5) is 7.44. The van der Waals surface area contributed by atoms with Crippen LogP contribution in [0.1, 0.15) is 5.56 Å². The molecule has 0 saturated carbocycles. The summed E-state index contributed by atoms with van der Waals surface area (Å²) < 4.78 is 0. The third kappa shape index (κ3) is 1.48. The van der Waals surface area contributed by atoms with E-state index in [1.54, 1.807) is 0 Å². The smallest absolute Gasteiger partial charge is 0.0460 e. The molecule has 0 bridgehead atoms. The van der Waals surface area contributed by atoms with Crippen LogP contribution in [0.25, 0.3) is 22.0 Å². The Kier molecular flexibility index (Phi) is 2.00. The first-order valence-electron chi connectivity index (χ1n) is 5.32. The fourth-order valence-corrected chi connectivity index (χ4v) is 1.94. The fourth-order valence-electron chi connectivity index (χ4n) is 1.94. The zero-order chi connectivity index (χ0) is 11.0. The molecule has 2 heteroatoms. The van der Waals surface area contributed by atoms with Gasteiger partial charge in [0.1, 0.15) is 0 Å². The lowest BCUT2D eigenvalue weighted by molar-refractivity contribution is 1.27. The van der Waals surface area contributed by atoms with Gasteiger partial charge in [-0.2, -0.15) is 0 Å². The topological polar surface area (TPSA) is 28.7 Å². The van der Waals surface area contributed by atoms with Gasteiger partial charge in [0.2, 0.25) is 0 Å². The van der Waals surface area contributed by atoms with E-state index < -0.39 is 0 Å². The van der Waals surface area contributed by atoms with Crippen LogP contribution >= 0.6 is 0 Å². The monoisotopic (exact) mass is 208 g/mol. The molecule has 16 heavy (non-hydrogen) atoms. The van der Waals surface area contributed by atoms with Crippen molar-refractivity contribution < 1.29 is 0 Å². The Bertz CT molecular complexity index is 638. The van der Waals surface area contributed by atoms with E-state index in [9.17, 15) is 0 Å². The van der Waals surface area contributed by atoms with E-state index in [1.165, 1.54) is 22.0 Å². The summed E-state index contributed by atoms with van der Waals surface area (Å²) in [5.41, 5.74) is 4.71. The number of aromatic nitrogens is 2. The molecule has 3 rings (SSSR count). The molecule has 78 valence electrons. The number of benzene rings is 1. The molecule has 1 aromatic carbocycles. The van der Waals surface area contributed by atoms with Gasteiger partial charge in [-0.05, 0) is 41.6 Å². The summed E-state index contributed by atoms with van der Waals surface area (Å²) in [6.07, 6.45) is 5.73. The molecule has 2 nitrogen and oxygen atoms in total. The van der Waals surface area contributed by atoms with Crippen LogP contribution in [-0.2, 0) is 0 Å². The van der Waals surface area contributed by atoms with Crippen molar-refractivity contribution in [3.8, 4) is 11.1 Å². The van der Waals surface area contributed by atoms with E-state index in [1.807, 2.05) is 18.6 Å². The van der Waals surface area contributed by atoms with Gasteiger partial charge >= 0.3 is 0 Å². The summed E-state index contributed by atoms with van der Waals surface area (Å²) in [5.74, 6) is 0. The minimum absolute atomic E-state index is 1.16. The number of fused-ring (bicyclic) bond motifs is 1. The third-order valence-electron chi connectivity index (χ3n) is 2.76. The van der Waals surface area contributed by atoms with Crippen molar-refractivity contribution in [1.82, 2.24) is 9.97 Å². The highest BCUT2D eigenvalue weighted by Gasteiger charge is 2.00. The number of hydrogen-bond donors (Lipinski definition) is 1. The molecule has 2 heterocycles. The molecule has 0 saturated heterocycles. The Morgan fingerprint density at radius 3 is 2.81 bits per heavy atom. The van der Waals surface area contributed by atoms with Crippen molar-refractivity contribution in [3.63, 3.8) is 0 Å². The van der Waals surface area contributed by atoms with Gasteiger partial charge < -0.3 is 4.98 Å². The Hall–Kier alpha value is -2.09. The second kappa shape index (κ2) is 3.49. The van der Waals surface area contributed by atoms with Crippen LogP contribution in [0, 0.1) is 6.92 Å². The maximum absolute atomic E-state index is 4.22. The van der Waals surface area contributed by atoms with E-state index in [2.05, 4.69) is 47.2 Å². The van der Waals surface area contributed by atoms with Gasteiger partial charge in [-0.25, -0.2) is 0 Å². The summed E-state index contributed by atoms with van der Waals surface area (Å²) in [7, 11) is 0. The summed E-state index contributed by atoms with van der Waals surface area (Å²) >= 11 is 0. The highest BCUT2D eigenvalue weighted by molar-refractivity contribution is 5.84. The van der Waals surface area contributed by atoms with Crippen molar-refractivity contribution >= 4 is 10.9 Å². The number of H-pyrrole nitrogens is 1. The van der Waals surface area contributed by atoms with E-state index in [0.29, 0.717) is 0 Å². The summed E-state index contributed by atoms with van der Waals surface area (Å²) in [5, 5.41) is 1.24. The Balaban J connectivity index is 2.18. The van der Waals surface area contributed by atoms with Crippen LogP contribution in [0.3, 0.4) is 0 Å². The molecule has 0 aliphatic heterocycles. The molecule has 0 atom stereocenters. The van der Waals surface area contributed by atoms with E-state index in [-0.39, 0.29) is 0 Å². The molecule has 0 aliphatic carbocycles. The molecule has 0 amide bonds. The number of hydrogen-bond acceptors (Lipinski definition) is 1. The quantitative estimate of drug-likeness (QED) is 0.651. The van der Waals surface area contributed by atoms with Crippen LogP contribution in [0.5, 0.6) is 0 Å². The maximum atomic E-state index is 4.22. The Labute approximate surface area is 94.0 Å². The van der Waals surface area contributed by atoms with E-state index >= 15 is 0 Å². The van der Waals surface area contributed by atoms with Gasteiger partial charge in [-0.15, -0.1) is 0 Å². The van der Waals surface area contributed by atoms with Gasteiger partial charge in [-0.3, -0.25) is 4.98 Å². The lowest BCUT2D eigenvalue weighted by Gasteiger charge is -2.02. The first kappa shape index (κ1) is 9.16. The van der Waals surface area contributed by atoms with Crippen molar-refractivity contribution in [3.05, 3.63) is 54.5 Å². The predicted molar refractivity (Wildman–Crippen MR) is 66.3 cm³/mol. The highest BCUT2D eigenvalue weighted by Crippen LogP contribution is 2.23. The lowest BCUT2D eigenvalue weighted by Crippen LogP contribution is -1.82. The molecule has 0 radical (unpaired) electrons. The number of aromatic amines is 1. The number of aryl methyl sites for hydroxylation is 1. The number of nitrogens with zero attached hydrogens (tertiary/aromatic N) is 1. The largest absolute Gasteiger partial charge is 0.361 e. The van der Waals surface area contributed by atoms with Gasteiger partial charge in [0, 0.05) is 29.7 Å². The highest BCUT2D eigenvalue weighted by atomic mass is 14.7. The molecule has 1 N–H and O–H groups in total. The minimum atomic E-state index is 1.16. The second-order valence-electron chi connectivity index (χ2n) is 4.03. The number of pyridine rings is 1. The van der Waals surface area contributed by atoms with Crippen LogP contribution in [-0.4, -0.2) is 9.97 Å². The van der Waals surface area contributed by atoms with Gasteiger partial charge in [0.25, 0.3) is 0 Å². The van der Waals surface area contributed by atoms with E-state index in [4.69, 9.17) is 0 Å². The molecule has 2 aromatic heterocycles. The summed E-state index contributed by atoms with van der Waals surface area (Å²) in [6.45, 7) is 2.06.